The van der Waals surface area contributed by atoms with Crippen LogP contribution < -0.4 is 0 Å². The fraction of sp³-hybridized carbons (Fsp3) is 0.333. The third-order valence-electron chi connectivity index (χ3n) is 2.19. The van der Waals surface area contributed by atoms with Crippen molar-refractivity contribution in [1.82, 2.24) is 9.88 Å². The number of aromatic nitrogens is 1. The van der Waals surface area contributed by atoms with Gasteiger partial charge in [0.25, 0.3) is 0 Å². The molecule has 0 atom stereocenters. The number of aliphatic imine (C=N–C) groups is 1. The number of hydrogen-bond donors (Lipinski definition) is 0. The van der Waals surface area contributed by atoms with Crippen molar-refractivity contribution < 1.29 is 0 Å². The van der Waals surface area contributed by atoms with E-state index in [-0.39, 0.29) is 0 Å². The Morgan fingerprint density at radius 3 is 2.94 bits per heavy atom. The predicted octanol–water partition coefficient (Wildman–Crippen LogP) is 2.64. The topological polar surface area (TPSA) is 28.5 Å². The van der Waals surface area contributed by atoms with E-state index < -0.39 is 0 Å². The van der Waals surface area contributed by atoms with E-state index in [1.165, 1.54) is 0 Å². The minimum absolute atomic E-state index is 0.350. The van der Waals surface area contributed by atoms with Gasteiger partial charge in [0, 0.05) is 13.6 Å². The molecule has 1 aromatic rings. The van der Waals surface area contributed by atoms with Crippen molar-refractivity contribution in [3.05, 3.63) is 22.5 Å². The number of halogens is 1. The molecule has 0 spiro atoms. The summed E-state index contributed by atoms with van der Waals surface area (Å²) in [5, 5.41) is 0.350. The maximum atomic E-state index is 5.88. The molecule has 0 amide bonds. The van der Waals surface area contributed by atoms with Crippen LogP contribution in [0.1, 0.15) is 18.2 Å². The molecule has 0 bridgehead atoms. The van der Waals surface area contributed by atoms with Gasteiger partial charge >= 0.3 is 0 Å². The van der Waals surface area contributed by atoms with Crippen molar-refractivity contribution in [2.45, 2.75) is 13.8 Å². The molecule has 0 fully saturated rings. The van der Waals surface area contributed by atoms with Crippen LogP contribution in [0.25, 0.3) is 0 Å². The van der Waals surface area contributed by atoms with Crippen molar-refractivity contribution in [2.75, 3.05) is 13.6 Å². The Kier molecular flexibility index (Phi) is 4.33. The van der Waals surface area contributed by atoms with Crippen LogP contribution >= 0.6 is 11.6 Å². The summed E-state index contributed by atoms with van der Waals surface area (Å²) in [7, 11) is 1.95. The second kappa shape index (κ2) is 5.53. The molecule has 0 aliphatic heterocycles. The highest BCUT2D eigenvalue weighted by Gasteiger charge is 2.04. The van der Waals surface area contributed by atoms with E-state index in [4.69, 9.17) is 18.0 Å². The smallest absolute Gasteiger partial charge is 0.145 e. The molecule has 84 valence electrons. The highest BCUT2D eigenvalue weighted by Crippen LogP contribution is 2.22. The summed E-state index contributed by atoms with van der Waals surface area (Å²) in [6.45, 7) is 4.79. The third-order valence-corrected chi connectivity index (χ3v) is 2.48. The molecule has 1 aromatic heterocycles. The van der Waals surface area contributed by atoms with Gasteiger partial charge in [-0.1, -0.05) is 17.5 Å². The van der Waals surface area contributed by atoms with Crippen molar-refractivity contribution >= 4 is 23.6 Å². The minimum atomic E-state index is 0.350. The van der Waals surface area contributed by atoms with E-state index in [2.05, 4.69) is 15.9 Å². The van der Waals surface area contributed by atoms with Crippen molar-refractivity contribution in [3.63, 3.8) is 0 Å². The number of terminal acetylenes is 1. The molecule has 0 N–H and O–H groups in total. The van der Waals surface area contributed by atoms with Crippen molar-refractivity contribution in [2.24, 2.45) is 4.99 Å². The van der Waals surface area contributed by atoms with Crippen LogP contribution in [-0.2, 0) is 0 Å². The van der Waals surface area contributed by atoms with E-state index in [9.17, 15) is 0 Å². The SMILES string of the molecule is C#Cc1cc(/N=C/N(C)CC)c(C)nc1Cl. The largest absolute Gasteiger partial charge is 0.366 e. The molecule has 4 heteroatoms. The van der Waals surface area contributed by atoms with Gasteiger partial charge < -0.3 is 4.90 Å². The van der Waals surface area contributed by atoms with Gasteiger partial charge in [-0.25, -0.2) is 9.98 Å². The Labute approximate surface area is 101 Å². The molecule has 0 saturated carbocycles. The molecule has 0 aliphatic carbocycles. The minimum Gasteiger partial charge on any atom is -0.366 e. The lowest BCUT2D eigenvalue weighted by molar-refractivity contribution is 0.552. The molecular formula is C12H14ClN3. The number of nitrogens with zero attached hydrogens (tertiary/aromatic N) is 3. The number of aryl methyl sites for hydroxylation is 1. The molecular weight excluding hydrogens is 222 g/mol. The Hall–Kier alpha value is -1.53. The summed E-state index contributed by atoms with van der Waals surface area (Å²) in [5.74, 6) is 2.48. The van der Waals surface area contributed by atoms with E-state index >= 15 is 0 Å². The van der Waals surface area contributed by atoms with E-state index in [1.54, 1.807) is 12.4 Å². The first kappa shape index (κ1) is 12.5. The third kappa shape index (κ3) is 2.98. The predicted molar refractivity (Wildman–Crippen MR) is 68.4 cm³/mol. The van der Waals surface area contributed by atoms with Crippen LogP contribution in [0.2, 0.25) is 5.15 Å². The van der Waals surface area contributed by atoms with Gasteiger partial charge in [-0.3, -0.25) is 0 Å². The van der Waals surface area contributed by atoms with E-state index in [0.717, 1.165) is 17.9 Å². The van der Waals surface area contributed by atoms with Crippen molar-refractivity contribution in [1.29, 1.82) is 0 Å². The van der Waals surface area contributed by atoms with Gasteiger partial charge in [0.1, 0.15) is 5.15 Å². The van der Waals surface area contributed by atoms with Gasteiger partial charge in [-0.2, -0.15) is 0 Å². The number of pyridine rings is 1. The molecule has 0 unspecified atom stereocenters. The zero-order valence-corrected chi connectivity index (χ0v) is 10.4. The fourth-order valence-corrected chi connectivity index (χ4v) is 1.28. The van der Waals surface area contributed by atoms with E-state index in [0.29, 0.717) is 10.7 Å². The van der Waals surface area contributed by atoms with Crippen LogP contribution in [0, 0.1) is 19.3 Å². The van der Waals surface area contributed by atoms with Gasteiger partial charge in [-0.05, 0) is 19.9 Å². The molecule has 0 aromatic carbocycles. The quantitative estimate of drug-likeness (QED) is 0.349. The maximum Gasteiger partial charge on any atom is 0.145 e. The van der Waals surface area contributed by atoms with Crippen molar-refractivity contribution in [3.8, 4) is 12.3 Å². The molecule has 0 saturated heterocycles. The normalized spacial score (nSPS) is 10.4. The molecule has 1 rings (SSSR count). The second-order valence-electron chi connectivity index (χ2n) is 3.39. The molecule has 0 radical (unpaired) electrons. The second-order valence-corrected chi connectivity index (χ2v) is 3.75. The average molecular weight is 236 g/mol. The first-order valence-corrected chi connectivity index (χ1v) is 5.34. The molecule has 3 nitrogen and oxygen atoms in total. The Bertz CT molecular complexity index is 446. The standard InChI is InChI=1S/C12H14ClN3/c1-5-10-7-11(9(3)15-12(10)13)14-8-16(4)6-2/h1,7-8H,6H2,2-4H3/b14-8+. The van der Waals surface area contributed by atoms with Gasteiger partial charge in [-0.15, -0.1) is 6.42 Å². The summed E-state index contributed by atoms with van der Waals surface area (Å²) >= 11 is 5.88. The number of hydrogen-bond acceptors (Lipinski definition) is 2. The maximum absolute atomic E-state index is 5.88. The molecule has 16 heavy (non-hydrogen) atoms. The summed E-state index contributed by atoms with van der Waals surface area (Å²) in [6.07, 6.45) is 7.06. The van der Waals surface area contributed by atoms with Gasteiger partial charge in [0.05, 0.1) is 23.3 Å². The van der Waals surface area contributed by atoms with Crippen LogP contribution in [0.3, 0.4) is 0 Å². The monoisotopic (exact) mass is 235 g/mol. The summed E-state index contributed by atoms with van der Waals surface area (Å²) < 4.78 is 0. The van der Waals surface area contributed by atoms with Gasteiger partial charge in [0.2, 0.25) is 0 Å². The van der Waals surface area contributed by atoms with Gasteiger partial charge in [0.15, 0.2) is 0 Å². The lowest BCUT2D eigenvalue weighted by atomic mass is 10.2. The average Bonchev–Trinajstić information content (AvgIpc) is 2.27. The Balaban J connectivity index is 3.06. The van der Waals surface area contributed by atoms with Crippen LogP contribution in [0.5, 0.6) is 0 Å². The highest BCUT2D eigenvalue weighted by molar-refractivity contribution is 6.30. The number of rotatable bonds is 3. The lowest BCUT2D eigenvalue weighted by Crippen LogP contribution is -2.14. The summed E-state index contributed by atoms with van der Waals surface area (Å²) in [4.78, 5) is 10.4. The fourth-order valence-electron chi connectivity index (χ4n) is 1.04. The highest BCUT2D eigenvalue weighted by atomic mass is 35.5. The van der Waals surface area contributed by atoms with E-state index in [1.807, 2.05) is 25.8 Å². The summed E-state index contributed by atoms with van der Waals surface area (Å²) in [6, 6.07) is 1.77. The lowest BCUT2D eigenvalue weighted by Gasteiger charge is -2.09. The van der Waals surface area contributed by atoms with Crippen LogP contribution in [-0.4, -0.2) is 29.8 Å². The zero-order chi connectivity index (χ0) is 12.1. The zero-order valence-electron chi connectivity index (χ0n) is 9.66. The van der Waals surface area contributed by atoms with Crippen LogP contribution in [0.15, 0.2) is 11.1 Å². The first-order valence-electron chi connectivity index (χ1n) is 4.96. The summed E-state index contributed by atoms with van der Waals surface area (Å²) in [5.41, 5.74) is 2.08. The van der Waals surface area contributed by atoms with Crippen LogP contribution in [0.4, 0.5) is 5.69 Å². The Morgan fingerprint density at radius 2 is 2.38 bits per heavy atom. The molecule has 0 aliphatic rings. The molecule has 1 heterocycles. The first-order chi connectivity index (χ1) is 7.58. The Morgan fingerprint density at radius 1 is 1.69 bits per heavy atom.